The predicted molar refractivity (Wildman–Crippen MR) is 100 cm³/mol. The van der Waals surface area contributed by atoms with Crippen molar-refractivity contribution < 1.29 is 14.3 Å². The quantitative estimate of drug-likeness (QED) is 0.815. The molecule has 0 aromatic heterocycles. The first-order chi connectivity index (χ1) is 12.0. The molecule has 0 aliphatic carbocycles. The number of nitrogens with one attached hydrogen (secondary N) is 1. The van der Waals surface area contributed by atoms with Crippen LogP contribution in [0.1, 0.15) is 31.9 Å². The van der Waals surface area contributed by atoms with E-state index in [4.69, 9.17) is 9.47 Å². The molecule has 3 rings (SSSR count). The molecule has 0 radical (unpaired) electrons. The van der Waals surface area contributed by atoms with Gasteiger partial charge in [0.2, 0.25) is 5.91 Å². The molecular weight excluding hydrogens is 334 g/mol. The first-order valence-corrected chi connectivity index (χ1v) is 9.29. The first-order valence-electron chi connectivity index (χ1n) is 8.31. The van der Waals surface area contributed by atoms with Crippen LogP contribution in [-0.2, 0) is 4.79 Å². The van der Waals surface area contributed by atoms with Crippen molar-refractivity contribution in [2.75, 3.05) is 12.9 Å². The van der Waals surface area contributed by atoms with Crippen LogP contribution in [0.5, 0.6) is 11.5 Å². The highest BCUT2D eigenvalue weighted by Gasteiger charge is 2.34. The van der Waals surface area contributed by atoms with Crippen molar-refractivity contribution in [3.63, 3.8) is 0 Å². The van der Waals surface area contributed by atoms with Crippen molar-refractivity contribution in [2.45, 2.75) is 36.8 Å². The number of carbonyl (C=O) groups is 1. The average molecular weight is 357 g/mol. The highest BCUT2D eigenvalue weighted by Crippen LogP contribution is 2.41. The van der Waals surface area contributed by atoms with Crippen molar-refractivity contribution in [3.05, 3.63) is 54.1 Å². The fourth-order valence-corrected chi connectivity index (χ4v) is 3.72. The molecule has 1 aliphatic rings. The van der Waals surface area contributed by atoms with Gasteiger partial charge < -0.3 is 14.8 Å². The van der Waals surface area contributed by atoms with E-state index in [0.717, 1.165) is 28.4 Å². The first kappa shape index (κ1) is 17.7. The van der Waals surface area contributed by atoms with Gasteiger partial charge in [0.25, 0.3) is 0 Å². The summed E-state index contributed by atoms with van der Waals surface area (Å²) in [5.41, 5.74) is 0.655. The van der Waals surface area contributed by atoms with Gasteiger partial charge in [-0.3, -0.25) is 4.79 Å². The van der Waals surface area contributed by atoms with Crippen LogP contribution in [-0.4, -0.2) is 24.4 Å². The Bertz CT molecular complexity index is 746. The van der Waals surface area contributed by atoms with Gasteiger partial charge in [-0.25, -0.2) is 0 Å². The lowest BCUT2D eigenvalue weighted by Gasteiger charge is -2.38. The Hall–Kier alpha value is -2.14. The van der Waals surface area contributed by atoms with Gasteiger partial charge in [0.05, 0.1) is 18.9 Å². The summed E-state index contributed by atoms with van der Waals surface area (Å²) in [7, 11) is 1.63. The lowest BCUT2D eigenvalue weighted by atomic mass is 9.89. The summed E-state index contributed by atoms with van der Waals surface area (Å²) in [6, 6.07) is 15.6. The SMILES string of the molecule is COc1ccc2c(c1)OC(C)(C)C[C@@H]2NC(=O)CSc1ccccc1. The molecule has 4 nitrogen and oxygen atoms in total. The molecule has 132 valence electrons. The van der Waals surface area contributed by atoms with Crippen molar-refractivity contribution >= 4 is 17.7 Å². The largest absolute Gasteiger partial charge is 0.497 e. The van der Waals surface area contributed by atoms with Crippen LogP contribution in [0, 0.1) is 0 Å². The Morgan fingerprint density at radius 1 is 1.28 bits per heavy atom. The number of hydrogen-bond acceptors (Lipinski definition) is 4. The summed E-state index contributed by atoms with van der Waals surface area (Å²) in [4.78, 5) is 13.5. The van der Waals surface area contributed by atoms with Crippen molar-refractivity contribution in [1.82, 2.24) is 5.32 Å². The van der Waals surface area contributed by atoms with Crippen molar-refractivity contribution in [1.29, 1.82) is 0 Å². The predicted octanol–water partition coefficient (Wildman–Crippen LogP) is 4.21. The molecule has 5 heteroatoms. The van der Waals surface area contributed by atoms with Gasteiger partial charge >= 0.3 is 0 Å². The molecule has 0 fully saturated rings. The zero-order valence-electron chi connectivity index (χ0n) is 14.7. The number of amides is 1. The number of hydrogen-bond donors (Lipinski definition) is 1. The second-order valence-electron chi connectivity index (χ2n) is 6.69. The number of carbonyl (C=O) groups excluding carboxylic acids is 1. The van der Waals surface area contributed by atoms with E-state index in [-0.39, 0.29) is 17.6 Å². The second kappa shape index (κ2) is 7.40. The van der Waals surface area contributed by atoms with Gasteiger partial charge in [0, 0.05) is 22.9 Å². The summed E-state index contributed by atoms with van der Waals surface area (Å²) >= 11 is 1.54. The molecule has 1 aliphatic heterocycles. The maximum atomic E-state index is 12.4. The van der Waals surface area contributed by atoms with E-state index in [1.54, 1.807) is 18.9 Å². The van der Waals surface area contributed by atoms with E-state index >= 15 is 0 Å². The molecule has 0 spiro atoms. The zero-order valence-corrected chi connectivity index (χ0v) is 15.6. The Balaban J connectivity index is 1.70. The van der Waals surface area contributed by atoms with Crippen LogP contribution in [0.25, 0.3) is 0 Å². The van der Waals surface area contributed by atoms with Gasteiger partial charge in [-0.2, -0.15) is 0 Å². The maximum Gasteiger partial charge on any atom is 0.230 e. The fourth-order valence-electron chi connectivity index (χ4n) is 2.99. The summed E-state index contributed by atoms with van der Waals surface area (Å²) in [6.45, 7) is 4.07. The standard InChI is InChI=1S/C20H23NO3S/c1-20(2)12-17(16-10-9-14(23-3)11-18(16)24-20)21-19(22)13-25-15-7-5-4-6-8-15/h4-11,17H,12-13H2,1-3H3,(H,21,22)/t17-/m0/s1. The molecule has 0 bridgehead atoms. The van der Waals surface area contributed by atoms with Gasteiger partial charge in [0.1, 0.15) is 17.1 Å². The van der Waals surface area contributed by atoms with Gasteiger partial charge in [0.15, 0.2) is 0 Å². The van der Waals surface area contributed by atoms with Crippen LogP contribution >= 0.6 is 11.8 Å². The Kier molecular flexibility index (Phi) is 5.23. The van der Waals surface area contributed by atoms with Crippen LogP contribution < -0.4 is 14.8 Å². The molecule has 1 atom stereocenters. The van der Waals surface area contributed by atoms with E-state index < -0.39 is 0 Å². The molecule has 2 aromatic rings. The fraction of sp³-hybridized carbons (Fsp3) is 0.350. The Morgan fingerprint density at radius 3 is 2.76 bits per heavy atom. The van der Waals surface area contributed by atoms with E-state index in [2.05, 4.69) is 5.32 Å². The minimum atomic E-state index is -0.343. The summed E-state index contributed by atoms with van der Waals surface area (Å²) < 4.78 is 11.3. The topological polar surface area (TPSA) is 47.6 Å². The lowest BCUT2D eigenvalue weighted by molar-refractivity contribution is -0.119. The Morgan fingerprint density at radius 2 is 2.04 bits per heavy atom. The third kappa shape index (κ3) is 4.48. The number of fused-ring (bicyclic) bond motifs is 1. The molecule has 0 saturated heterocycles. The zero-order chi connectivity index (χ0) is 17.9. The number of methoxy groups -OCH3 is 1. The molecule has 25 heavy (non-hydrogen) atoms. The number of rotatable bonds is 5. The van der Waals surface area contributed by atoms with Crippen LogP contribution in [0.4, 0.5) is 0 Å². The van der Waals surface area contributed by atoms with Crippen LogP contribution in [0.2, 0.25) is 0 Å². The summed E-state index contributed by atoms with van der Waals surface area (Å²) in [6.07, 6.45) is 0.730. The van der Waals surface area contributed by atoms with E-state index in [9.17, 15) is 4.79 Å². The monoisotopic (exact) mass is 357 g/mol. The number of thioether (sulfide) groups is 1. The Labute approximate surface area is 152 Å². The van der Waals surface area contributed by atoms with Gasteiger partial charge in [-0.15, -0.1) is 11.8 Å². The van der Waals surface area contributed by atoms with Crippen molar-refractivity contribution in [3.8, 4) is 11.5 Å². The smallest absolute Gasteiger partial charge is 0.230 e. The third-order valence-corrected chi connectivity index (χ3v) is 5.14. The highest BCUT2D eigenvalue weighted by atomic mass is 32.2. The van der Waals surface area contributed by atoms with Crippen LogP contribution in [0.15, 0.2) is 53.4 Å². The maximum absolute atomic E-state index is 12.4. The average Bonchev–Trinajstić information content (AvgIpc) is 2.59. The third-order valence-electron chi connectivity index (χ3n) is 4.13. The number of benzene rings is 2. The van der Waals surface area contributed by atoms with Crippen LogP contribution in [0.3, 0.4) is 0 Å². The molecule has 1 N–H and O–H groups in total. The molecule has 1 amide bonds. The minimum absolute atomic E-state index is 0.0262. The summed E-state index contributed by atoms with van der Waals surface area (Å²) in [5.74, 6) is 1.95. The second-order valence-corrected chi connectivity index (χ2v) is 7.74. The molecule has 2 aromatic carbocycles. The molecule has 0 unspecified atom stereocenters. The van der Waals surface area contributed by atoms with E-state index in [0.29, 0.717) is 5.75 Å². The van der Waals surface area contributed by atoms with E-state index in [1.807, 2.05) is 62.4 Å². The number of ether oxygens (including phenoxy) is 2. The van der Waals surface area contributed by atoms with Crippen molar-refractivity contribution in [2.24, 2.45) is 0 Å². The van der Waals surface area contributed by atoms with E-state index in [1.165, 1.54) is 0 Å². The molecular formula is C20H23NO3S. The minimum Gasteiger partial charge on any atom is -0.497 e. The lowest BCUT2D eigenvalue weighted by Crippen LogP contribution is -2.41. The van der Waals surface area contributed by atoms with Gasteiger partial charge in [-0.1, -0.05) is 18.2 Å². The van der Waals surface area contributed by atoms with Gasteiger partial charge in [-0.05, 0) is 38.1 Å². The highest BCUT2D eigenvalue weighted by molar-refractivity contribution is 8.00. The summed E-state index contributed by atoms with van der Waals surface area (Å²) in [5, 5.41) is 3.16. The normalized spacial score (nSPS) is 18.0. The molecule has 1 heterocycles. The molecule has 0 saturated carbocycles.